The van der Waals surface area contributed by atoms with Crippen molar-refractivity contribution >= 4 is 16.7 Å². The van der Waals surface area contributed by atoms with Crippen molar-refractivity contribution < 1.29 is 9.53 Å². The van der Waals surface area contributed by atoms with Crippen LogP contribution < -0.4 is 4.74 Å². The molecule has 3 rings (SSSR count). The highest BCUT2D eigenvalue weighted by Gasteiger charge is 2.14. The first kappa shape index (κ1) is 19.9. The molecule has 0 N–H and O–H groups in total. The average molecular weight is 377 g/mol. The number of rotatable bonds is 8. The van der Waals surface area contributed by atoms with Crippen LogP contribution in [0, 0.1) is 0 Å². The van der Waals surface area contributed by atoms with Crippen molar-refractivity contribution in [1.82, 2.24) is 9.80 Å². The van der Waals surface area contributed by atoms with Crippen molar-refractivity contribution in [3.8, 4) is 5.75 Å². The summed E-state index contributed by atoms with van der Waals surface area (Å²) < 4.78 is 5.28. The zero-order valence-electron chi connectivity index (χ0n) is 16.9. The van der Waals surface area contributed by atoms with E-state index in [-0.39, 0.29) is 5.91 Å². The number of methoxy groups -OCH3 is 1. The molecule has 4 nitrogen and oxygen atoms in total. The lowest BCUT2D eigenvalue weighted by molar-refractivity contribution is -0.131. The molecule has 0 unspecified atom stereocenters. The molecule has 3 aromatic rings. The van der Waals surface area contributed by atoms with Crippen molar-refractivity contribution in [1.29, 1.82) is 0 Å². The summed E-state index contributed by atoms with van der Waals surface area (Å²) in [5, 5.41) is 2.29. The van der Waals surface area contributed by atoms with Crippen LogP contribution >= 0.6 is 0 Å². The molecular weight excluding hydrogens is 348 g/mol. The average Bonchev–Trinajstić information content (AvgIpc) is 2.73. The molecule has 0 bridgehead atoms. The third kappa shape index (κ3) is 5.11. The van der Waals surface area contributed by atoms with E-state index < -0.39 is 0 Å². The number of benzene rings is 3. The van der Waals surface area contributed by atoms with Crippen LogP contribution in [0.5, 0.6) is 5.75 Å². The Bertz CT molecular complexity index is 924. The second kappa shape index (κ2) is 9.38. The number of hydrogen-bond donors (Lipinski definition) is 0. The maximum absolute atomic E-state index is 12.7. The van der Waals surface area contributed by atoms with Crippen LogP contribution in [-0.4, -0.2) is 43.0 Å². The summed E-state index contributed by atoms with van der Waals surface area (Å²) in [6.07, 6.45) is 0. The summed E-state index contributed by atoms with van der Waals surface area (Å²) in [6, 6.07) is 22.6. The number of nitrogens with zero attached hydrogens (tertiary/aromatic N) is 2. The van der Waals surface area contributed by atoms with Crippen LogP contribution in [0.3, 0.4) is 0 Å². The molecule has 0 aromatic heterocycles. The van der Waals surface area contributed by atoms with E-state index in [0.29, 0.717) is 13.1 Å². The largest absolute Gasteiger partial charge is 0.497 e. The van der Waals surface area contributed by atoms with E-state index in [1.165, 1.54) is 5.56 Å². The standard InChI is InChI=1S/C24H28N2O2/c1-4-26(17-19-8-6-5-7-9-19)18-24(27)25(2)16-20-10-11-22-15-23(28-3)13-12-21(22)14-20/h5-15H,4,16-18H2,1-3H3. The smallest absolute Gasteiger partial charge is 0.236 e. The number of fused-ring (bicyclic) bond motifs is 1. The zero-order valence-corrected chi connectivity index (χ0v) is 16.9. The second-order valence-electron chi connectivity index (χ2n) is 7.09. The zero-order chi connectivity index (χ0) is 19.9. The number of ether oxygens (including phenoxy) is 1. The molecule has 4 heteroatoms. The SMILES string of the molecule is CCN(CC(=O)N(C)Cc1ccc2cc(OC)ccc2c1)Cc1ccccc1. The van der Waals surface area contributed by atoms with Gasteiger partial charge in [-0.25, -0.2) is 0 Å². The minimum absolute atomic E-state index is 0.132. The third-order valence-electron chi connectivity index (χ3n) is 5.01. The number of carbonyl (C=O) groups excluding carboxylic acids is 1. The Morgan fingerprint density at radius 1 is 0.893 bits per heavy atom. The van der Waals surface area contributed by atoms with Crippen molar-refractivity contribution in [3.63, 3.8) is 0 Å². The van der Waals surface area contributed by atoms with E-state index in [2.05, 4.69) is 48.2 Å². The van der Waals surface area contributed by atoms with Gasteiger partial charge in [0.25, 0.3) is 0 Å². The molecule has 0 aliphatic rings. The van der Waals surface area contributed by atoms with Gasteiger partial charge >= 0.3 is 0 Å². The molecule has 0 aliphatic heterocycles. The summed E-state index contributed by atoms with van der Waals surface area (Å²) >= 11 is 0. The van der Waals surface area contributed by atoms with Gasteiger partial charge in [-0.2, -0.15) is 0 Å². The second-order valence-corrected chi connectivity index (χ2v) is 7.09. The maximum Gasteiger partial charge on any atom is 0.236 e. The van der Waals surface area contributed by atoms with E-state index in [9.17, 15) is 4.79 Å². The van der Waals surface area contributed by atoms with Crippen LogP contribution in [0.4, 0.5) is 0 Å². The Morgan fingerprint density at radius 2 is 1.61 bits per heavy atom. The lowest BCUT2D eigenvalue weighted by Crippen LogP contribution is -2.37. The molecule has 0 fully saturated rings. The molecule has 28 heavy (non-hydrogen) atoms. The minimum atomic E-state index is 0.132. The highest BCUT2D eigenvalue weighted by atomic mass is 16.5. The van der Waals surface area contributed by atoms with E-state index >= 15 is 0 Å². The van der Waals surface area contributed by atoms with Crippen molar-refractivity contribution in [3.05, 3.63) is 77.9 Å². The van der Waals surface area contributed by atoms with Crippen LogP contribution in [-0.2, 0) is 17.9 Å². The fraction of sp³-hybridized carbons (Fsp3) is 0.292. The quantitative estimate of drug-likeness (QED) is 0.587. The van der Waals surface area contributed by atoms with Gasteiger partial charge in [0.05, 0.1) is 13.7 Å². The minimum Gasteiger partial charge on any atom is -0.497 e. The van der Waals surface area contributed by atoms with Gasteiger partial charge in [0.2, 0.25) is 5.91 Å². The number of carbonyl (C=O) groups is 1. The molecule has 0 spiro atoms. The van der Waals surface area contributed by atoms with E-state index in [4.69, 9.17) is 4.74 Å². The van der Waals surface area contributed by atoms with Gasteiger partial charge in [0, 0.05) is 20.1 Å². The fourth-order valence-corrected chi connectivity index (χ4v) is 3.29. The van der Waals surface area contributed by atoms with Gasteiger partial charge in [0.15, 0.2) is 0 Å². The van der Waals surface area contributed by atoms with Gasteiger partial charge in [-0.15, -0.1) is 0 Å². The predicted molar refractivity (Wildman–Crippen MR) is 114 cm³/mol. The Hall–Kier alpha value is -2.85. The van der Waals surface area contributed by atoms with Crippen LogP contribution in [0.25, 0.3) is 10.8 Å². The topological polar surface area (TPSA) is 32.8 Å². The highest BCUT2D eigenvalue weighted by molar-refractivity contribution is 5.84. The van der Waals surface area contributed by atoms with E-state index in [1.54, 1.807) is 12.0 Å². The first-order valence-electron chi connectivity index (χ1n) is 9.66. The molecule has 146 valence electrons. The lowest BCUT2D eigenvalue weighted by Gasteiger charge is -2.24. The fourth-order valence-electron chi connectivity index (χ4n) is 3.29. The molecule has 0 saturated heterocycles. The number of amides is 1. The molecule has 0 saturated carbocycles. The normalized spacial score (nSPS) is 11.0. The summed E-state index contributed by atoms with van der Waals surface area (Å²) in [7, 11) is 3.55. The van der Waals surface area contributed by atoms with Crippen LogP contribution in [0.15, 0.2) is 66.7 Å². The summed E-state index contributed by atoms with van der Waals surface area (Å²) in [6.45, 7) is 4.74. The Labute approximate surface area is 167 Å². The molecular formula is C24H28N2O2. The maximum atomic E-state index is 12.7. The van der Waals surface area contributed by atoms with Gasteiger partial charge in [-0.05, 0) is 46.6 Å². The Kier molecular flexibility index (Phi) is 6.66. The van der Waals surface area contributed by atoms with Crippen LogP contribution in [0.1, 0.15) is 18.1 Å². The molecule has 0 heterocycles. The Balaban J connectivity index is 1.62. The predicted octanol–water partition coefficient (Wildman–Crippen LogP) is 4.33. The van der Waals surface area contributed by atoms with Gasteiger partial charge in [-0.3, -0.25) is 9.69 Å². The first-order chi connectivity index (χ1) is 13.6. The number of likely N-dealkylation sites (N-methyl/N-ethyl adjacent to an activating group) is 2. The molecule has 0 radical (unpaired) electrons. The molecule has 0 atom stereocenters. The van der Waals surface area contributed by atoms with Gasteiger partial charge in [-0.1, -0.05) is 55.5 Å². The van der Waals surface area contributed by atoms with Crippen molar-refractivity contribution in [2.24, 2.45) is 0 Å². The molecule has 1 amide bonds. The van der Waals surface area contributed by atoms with E-state index in [0.717, 1.165) is 35.2 Å². The monoisotopic (exact) mass is 376 g/mol. The summed E-state index contributed by atoms with van der Waals surface area (Å²) in [4.78, 5) is 16.7. The van der Waals surface area contributed by atoms with Gasteiger partial charge < -0.3 is 9.64 Å². The number of hydrogen-bond acceptors (Lipinski definition) is 3. The van der Waals surface area contributed by atoms with Gasteiger partial charge in [0.1, 0.15) is 5.75 Å². The summed E-state index contributed by atoms with van der Waals surface area (Å²) in [5.74, 6) is 0.984. The first-order valence-corrected chi connectivity index (χ1v) is 9.66. The van der Waals surface area contributed by atoms with Crippen molar-refractivity contribution in [2.75, 3.05) is 27.2 Å². The lowest BCUT2D eigenvalue weighted by atomic mass is 10.1. The highest BCUT2D eigenvalue weighted by Crippen LogP contribution is 2.22. The molecule has 0 aliphatic carbocycles. The van der Waals surface area contributed by atoms with E-state index in [1.807, 2.05) is 37.4 Å². The Morgan fingerprint density at radius 3 is 2.32 bits per heavy atom. The third-order valence-corrected chi connectivity index (χ3v) is 5.01. The molecule has 3 aromatic carbocycles. The van der Waals surface area contributed by atoms with Crippen LogP contribution in [0.2, 0.25) is 0 Å². The summed E-state index contributed by atoms with van der Waals surface area (Å²) in [5.41, 5.74) is 2.35. The van der Waals surface area contributed by atoms with Crippen molar-refractivity contribution in [2.45, 2.75) is 20.0 Å².